The Balaban J connectivity index is 0.00000220. The van der Waals surface area contributed by atoms with E-state index in [9.17, 15) is 0 Å². The molecule has 2 aromatic rings. The van der Waals surface area contributed by atoms with Crippen molar-refractivity contribution in [2.75, 3.05) is 37.9 Å². The van der Waals surface area contributed by atoms with Gasteiger partial charge in [-0.2, -0.15) is 0 Å². The number of alkyl halides is 1. The van der Waals surface area contributed by atoms with Gasteiger partial charge < -0.3 is 15.4 Å². The molecule has 2 rings (SSSR count). The Kier molecular flexibility index (Phi) is 11.1. The van der Waals surface area contributed by atoms with Gasteiger partial charge in [0.1, 0.15) is 5.75 Å². The Morgan fingerprint density at radius 3 is 2.68 bits per heavy atom. The Hall–Kier alpha value is -0.940. The zero-order valence-corrected chi connectivity index (χ0v) is 14.9. The molecule has 124 valence electrons. The first kappa shape index (κ1) is 21.1. The molecule has 0 unspecified atom stereocenters. The van der Waals surface area contributed by atoms with Crippen molar-refractivity contribution >= 4 is 53.0 Å². The second-order valence-corrected chi connectivity index (χ2v) is 4.84. The van der Waals surface area contributed by atoms with Crippen LogP contribution in [0.2, 0.25) is 0 Å². The Bertz CT molecular complexity index is 555. The van der Waals surface area contributed by atoms with Crippen LogP contribution in [0, 0.1) is 0 Å². The van der Waals surface area contributed by atoms with Crippen LogP contribution in [0.5, 0.6) is 5.75 Å². The van der Waals surface area contributed by atoms with E-state index in [0.29, 0.717) is 5.88 Å². The normalized spacial score (nSPS) is 9.73. The lowest BCUT2D eigenvalue weighted by Crippen LogP contribution is -2.20. The van der Waals surface area contributed by atoms with E-state index in [0.717, 1.165) is 48.4 Å². The third-order valence-corrected chi connectivity index (χ3v) is 3.25. The zero-order chi connectivity index (χ0) is 14.2. The fourth-order valence-electron chi connectivity index (χ4n) is 2.03. The number of benzene rings is 1. The highest BCUT2D eigenvalue weighted by molar-refractivity contribution is 6.18. The van der Waals surface area contributed by atoms with Crippen LogP contribution in [0.15, 0.2) is 30.5 Å². The maximum absolute atomic E-state index is 5.61. The number of rotatable bonds is 8. The Morgan fingerprint density at radius 2 is 1.95 bits per heavy atom. The molecule has 0 saturated carbocycles. The first-order valence-electron chi connectivity index (χ1n) is 6.78. The van der Waals surface area contributed by atoms with Gasteiger partial charge in [0.15, 0.2) is 0 Å². The summed E-state index contributed by atoms with van der Waals surface area (Å²) in [6, 6.07) is 7.90. The largest absolute Gasteiger partial charge is 0.497 e. The predicted octanol–water partition coefficient (Wildman–Crippen LogP) is 3.72. The number of ether oxygens (including phenoxy) is 1. The van der Waals surface area contributed by atoms with Crippen molar-refractivity contribution in [3.05, 3.63) is 30.5 Å². The standard InChI is InChI=1S/C15H20ClN3O.2ClH/c1-20-12-3-4-14-13(11-12)15(5-9-19-14)18-8-2-7-17-10-6-16;;/h3-5,9,11,17H,2,6-8,10H2,1H3,(H,18,19);2*1H. The molecule has 0 spiro atoms. The van der Waals surface area contributed by atoms with Crippen molar-refractivity contribution in [1.82, 2.24) is 10.3 Å². The summed E-state index contributed by atoms with van der Waals surface area (Å²) in [5.74, 6) is 1.50. The van der Waals surface area contributed by atoms with Gasteiger partial charge in [-0.3, -0.25) is 4.98 Å². The molecule has 22 heavy (non-hydrogen) atoms. The second-order valence-electron chi connectivity index (χ2n) is 4.46. The molecule has 0 saturated heterocycles. The summed E-state index contributed by atoms with van der Waals surface area (Å²) in [5.41, 5.74) is 2.06. The number of halogens is 3. The van der Waals surface area contributed by atoms with Crippen molar-refractivity contribution in [3.8, 4) is 5.75 Å². The van der Waals surface area contributed by atoms with Crippen LogP contribution in [0.25, 0.3) is 10.9 Å². The molecule has 1 heterocycles. The van der Waals surface area contributed by atoms with Gasteiger partial charge in [0, 0.05) is 36.2 Å². The van der Waals surface area contributed by atoms with Crippen LogP contribution in [0.4, 0.5) is 5.69 Å². The van der Waals surface area contributed by atoms with Crippen molar-refractivity contribution < 1.29 is 4.74 Å². The van der Waals surface area contributed by atoms with E-state index < -0.39 is 0 Å². The van der Waals surface area contributed by atoms with E-state index in [2.05, 4.69) is 15.6 Å². The van der Waals surface area contributed by atoms with E-state index in [4.69, 9.17) is 16.3 Å². The monoisotopic (exact) mass is 365 g/mol. The summed E-state index contributed by atoms with van der Waals surface area (Å²) in [5, 5.41) is 7.80. The molecule has 0 aliphatic heterocycles. The molecule has 4 nitrogen and oxygen atoms in total. The number of hydrogen-bond acceptors (Lipinski definition) is 4. The topological polar surface area (TPSA) is 46.2 Å². The van der Waals surface area contributed by atoms with Gasteiger partial charge in [-0.25, -0.2) is 0 Å². The molecular weight excluding hydrogens is 345 g/mol. The quantitative estimate of drug-likeness (QED) is 0.552. The number of methoxy groups -OCH3 is 1. The molecule has 0 aliphatic rings. The third kappa shape index (κ3) is 6.05. The van der Waals surface area contributed by atoms with Crippen LogP contribution in [-0.4, -0.2) is 37.6 Å². The molecule has 0 aliphatic carbocycles. The number of pyridine rings is 1. The minimum absolute atomic E-state index is 0. The second kappa shape index (κ2) is 11.6. The highest BCUT2D eigenvalue weighted by atomic mass is 35.5. The SMILES string of the molecule is COc1ccc2nccc(NCCCNCCCl)c2c1.Cl.Cl. The highest BCUT2D eigenvalue weighted by Gasteiger charge is 2.03. The summed E-state index contributed by atoms with van der Waals surface area (Å²) in [6.07, 6.45) is 2.87. The number of anilines is 1. The fraction of sp³-hybridized carbons (Fsp3) is 0.400. The van der Waals surface area contributed by atoms with Crippen molar-refractivity contribution in [3.63, 3.8) is 0 Å². The van der Waals surface area contributed by atoms with Gasteiger partial charge in [-0.05, 0) is 37.2 Å². The van der Waals surface area contributed by atoms with Gasteiger partial charge in [-0.1, -0.05) is 0 Å². The summed E-state index contributed by atoms with van der Waals surface area (Å²) in [6.45, 7) is 2.73. The average molecular weight is 367 g/mol. The Morgan fingerprint density at radius 1 is 1.14 bits per heavy atom. The van der Waals surface area contributed by atoms with Crippen LogP contribution < -0.4 is 15.4 Å². The average Bonchev–Trinajstić information content (AvgIpc) is 2.50. The highest BCUT2D eigenvalue weighted by Crippen LogP contribution is 2.25. The number of aromatic nitrogens is 1. The lowest BCUT2D eigenvalue weighted by molar-refractivity contribution is 0.415. The summed E-state index contributed by atoms with van der Waals surface area (Å²) in [4.78, 5) is 4.36. The van der Waals surface area contributed by atoms with Gasteiger partial charge >= 0.3 is 0 Å². The van der Waals surface area contributed by atoms with Crippen LogP contribution >= 0.6 is 36.4 Å². The van der Waals surface area contributed by atoms with Gasteiger partial charge in [0.2, 0.25) is 0 Å². The van der Waals surface area contributed by atoms with Crippen molar-refractivity contribution in [2.24, 2.45) is 0 Å². The van der Waals surface area contributed by atoms with E-state index in [1.165, 1.54) is 0 Å². The molecule has 0 fully saturated rings. The van der Waals surface area contributed by atoms with E-state index >= 15 is 0 Å². The predicted molar refractivity (Wildman–Crippen MR) is 99.5 cm³/mol. The minimum Gasteiger partial charge on any atom is -0.497 e. The summed E-state index contributed by atoms with van der Waals surface area (Å²) >= 11 is 5.61. The third-order valence-electron chi connectivity index (χ3n) is 3.07. The van der Waals surface area contributed by atoms with Crippen molar-refractivity contribution in [1.29, 1.82) is 0 Å². The van der Waals surface area contributed by atoms with Crippen LogP contribution in [0.3, 0.4) is 0 Å². The number of nitrogens with one attached hydrogen (secondary N) is 2. The smallest absolute Gasteiger partial charge is 0.119 e. The maximum Gasteiger partial charge on any atom is 0.119 e. The number of fused-ring (bicyclic) bond motifs is 1. The van der Waals surface area contributed by atoms with Gasteiger partial charge in [0.25, 0.3) is 0 Å². The number of nitrogens with zero attached hydrogens (tertiary/aromatic N) is 1. The van der Waals surface area contributed by atoms with Gasteiger partial charge in [-0.15, -0.1) is 36.4 Å². The molecule has 7 heteroatoms. The van der Waals surface area contributed by atoms with E-state index in [1.54, 1.807) is 7.11 Å². The molecular formula is C15H22Cl3N3O. The van der Waals surface area contributed by atoms with Crippen LogP contribution in [0.1, 0.15) is 6.42 Å². The lowest BCUT2D eigenvalue weighted by atomic mass is 10.1. The molecule has 1 aromatic carbocycles. The first-order valence-corrected chi connectivity index (χ1v) is 7.32. The molecule has 0 atom stereocenters. The van der Waals surface area contributed by atoms with E-state index in [-0.39, 0.29) is 24.8 Å². The lowest BCUT2D eigenvalue weighted by Gasteiger charge is -2.10. The zero-order valence-electron chi connectivity index (χ0n) is 12.5. The van der Waals surface area contributed by atoms with E-state index in [1.807, 2.05) is 30.5 Å². The van der Waals surface area contributed by atoms with Crippen molar-refractivity contribution in [2.45, 2.75) is 6.42 Å². The molecule has 1 aromatic heterocycles. The van der Waals surface area contributed by atoms with Crippen LogP contribution in [-0.2, 0) is 0 Å². The molecule has 0 bridgehead atoms. The van der Waals surface area contributed by atoms with Gasteiger partial charge in [0.05, 0.1) is 12.6 Å². The summed E-state index contributed by atoms with van der Waals surface area (Å²) in [7, 11) is 1.67. The minimum atomic E-state index is 0. The maximum atomic E-state index is 5.61. The summed E-state index contributed by atoms with van der Waals surface area (Å²) < 4.78 is 5.27. The molecule has 2 N–H and O–H groups in total. The first-order chi connectivity index (χ1) is 9.85. The fourth-order valence-corrected chi connectivity index (χ4v) is 2.17. The molecule has 0 radical (unpaired) electrons. The number of hydrogen-bond donors (Lipinski definition) is 2. The Labute approximate surface area is 148 Å². The molecule has 0 amide bonds.